The smallest absolute Gasteiger partial charge is 0.0156 e. The minimum Gasteiger partial charge on any atom is -0.0952 e. The van der Waals surface area contributed by atoms with E-state index in [0.717, 1.165) is 17.5 Å². The van der Waals surface area contributed by atoms with Gasteiger partial charge in [0.1, 0.15) is 0 Å². The molecule has 0 aromatic heterocycles. The molecule has 0 saturated carbocycles. The summed E-state index contributed by atoms with van der Waals surface area (Å²) in [5.74, 6) is 1.70. The van der Waals surface area contributed by atoms with E-state index in [9.17, 15) is 0 Å². The molecular weight excluding hydrogens is 187 g/mol. The van der Waals surface area contributed by atoms with Gasteiger partial charge in [0, 0.05) is 5.66 Å². The van der Waals surface area contributed by atoms with Crippen LogP contribution >= 0.6 is 7.92 Å². The van der Waals surface area contributed by atoms with E-state index in [4.69, 9.17) is 0 Å². The van der Waals surface area contributed by atoms with Crippen molar-refractivity contribution >= 4 is 7.92 Å². The zero-order valence-corrected chi connectivity index (χ0v) is 10.8. The highest BCUT2D eigenvalue weighted by atomic mass is 31.1. The molecule has 1 heteroatoms. The summed E-state index contributed by atoms with van der Waals surface area (Å²) in [6.07, 6.45) is 12.0. The Balaban J connectivity index is 2.51. The molecule has 0 aromatic rings. The topological polar surface area (TPSA) is 0 Å². The van der Waals surface area contributed by atoms with Crippen LogP contribution in [0, 0.1) is 11.8 Å². The van der Waals surface area contributed by atoms with E-state index in [2.05, 4.69) is 52.0 Å². The molecule has 80 valence electrons. The molecule has 0 aromatic carbocycles. The van der Waals surface area contributed by atoms with Crippen LogP contribution in [0.2, 0.25) is 0 Å². The summed E-state index contributed by atoms with van der Waals surface area (Å²) in [4.78, 5) is 0. The molecule has 0 N–H and O–H groups in total. The molecule has 0 radical (unpaired) electrons. The first-order valence-corrected chi connectivity index (χ1v) is 7.46. The second kappa shape index (κ2) is 5.71. The normalized spacial score (nSPS) is 16.8. The Hall–Kier alpha value is -0.0900. The second-order valence-electron chi connectivity index (χ2n) is 5.00. The molecule has 0 spiro atoms. The van der Waals surface area contributed by atoms with Gasteiger partial charge >= 0.3 is 0 Å². The lowest BCUT2D eigenvalue weighted by molar-refractivity contribution is 0.716. The molecule has 1 aliphatic carbocycles. The van der Waals surface area contributed by atoms with Gasteiger partial charge in [-0.2, -0.15) is 0 Å². The van der Waals surface area contributed by atoms with E-state index in [1.54, 1.807) is 0 Å². The molecule has 0 bridgehead atoms. The minimum absolute atomic E-state index is 0.186. The van der Waals surface area contributed by atoms with Crippen LogP contribution in [0.5, 0.6) is 0 Å². The van der Waals surface area contributed by atoms with Crippen LogP contribution in [0.4, 0.5) is 0 Å². The first kappa shape index (κ1) is 12.0. The van der Waals surface area contributed by atoms with E-state index in [1.807, 2.05) is 0 Å². The van der Waals surface area contributed by atoms with Gasteiger partial charge in [-0.15, -0.1) is 0 Å². The van der Waals surface area contributed by atoms with Crippen molar-refractivity contribution in [3.63, 3.8) is 0 Å². The van der Waals surface area contributed by atoms with Gasteiger partial charge in [-0.25, -0.2) is 0 Å². The molecular formula is C13H23P. The van der Waals surface area contributed by atoms with Gasteiger partial charge in [0.2, 0.25) is 0 Å². The predicted molar refractivity (Wildman–Crippen MR) is 68.4 cm³/mol. The molecule has 14 heavy (non-hydrogen) atoms. The number of allylic oxidation sites excluding steroid dienone is 4. The van der Waals surface area contributed by atoms with Crippen LogP contribution in [0.25, 0.3) is 0 Å². The van der Waals surface area contributed by atoms with E-state index in [0.29, 0.717) is 0 Å². The minimum atomic E-state index is 0.186. The molecule has 1 aliphatic rings. The summed E-state index contributed by atoms with van der Waals surface area (Å²) in [6.45, 7) is 9.38. The third-order valence-corrected chi connectivity index (χ3v) is 5.93. The summed E-state index contributed by atoms with van der Waals surface area (Å²) in [5.41, 5.74) is 0.773. The highest BCUT2D eigenvalue weighted by Crippen LogP contribution is 2.47. The fourth-order valence-electron chi connectivity index (χ4n) is 1.92. The van der Waals surface area contributed by atoms with Crippen molar-refractivity contribution in [2.24, 2.45) is 11.8 Å². The third-order valence-electron chi connectivity index (χ3n) is 2.35. The van der Waals surface area contributed by atoms with Crippen LogP contribution in [0.15, 0.2) is 24.3 Å². The van der Waals surface area contributed by atoms with Gasteiger partial charge in [-0.1, -0.05) is 59.9 Å². The maximum atomic E-state index is 2.39. The number of rotatable bonds is 5. The van der Waals surface area contributed by atoms with Crippen molar-refractivity contribution in [3.8, 4) is 0 Å². The molecule has 0 fully saturated rings. The predicted octanol–water partition coefficient (Wildman–Crippen LogP) is 4.27. The lowest BCUT2D eigenvalue weighted by atomic mass is 10.3. The van der Waals surface area contributed by atoms with Gasteiger partial charge in [-0.3, -0.25) is 0 Å². The van der Waals surface area contributed by atoms with Crippen molar-refractivity contribution < 1.29 is 0 Å². The zero-order valence-electron chi connectivity index (χ0n) is 9.90. The third kappa shape index (κ3) is 3.96. The van der Waals surface area contributed by atoms with E-state index in [-0.39, 0.29) is 7.92 Å². The quantitative estimate of drug-likeness (QED) is 0.594. The molecule has 0 unspecified atom stereocenters. The Morgan fingerprint density at radius 2 is 1.36 bits per heavy atom. The average Bonchev–Trinajstić information content (AvgIpc) is 2.52. The van der Waals surface area contributed by atoms with Crippen molar-refractivity contribution in [1.82, 2.24) is 0 Å². The lowest BCUT2D eigenvalue weighted by Crippen LogP contribution is -2.09. The summed E-state index contributed by atoms with van der Waals surface area (Å²) in [6, 6.07) is 0. The first-order chi connectivity index (χ1) is 6.59. The Morgan fingerprint density at radius 1 is 0.929 bits per heavy atom. The van der Waals surface area contributed by atoms with E-state index >= 15 is 0 Å². The molecule has 0 heterocycles. The maximum Gasteiger partial charge on any atom is 0.0156 e. The van der Waals surface area contributed by atoms with Gasteiger partial charge in [-0.05, 0) is 24.2 Å². The standard InChI is InChI=1S/C13H23P/c1-11(2)9-14(10-12(3)4)13-7-5-6-8-13/h5-8,11-13H,9-10H2,1-4H3. The monoisotopic (exact) mass is 210 g/mol. The van der Waals surface area contributed by atoms with E-state index < -0.39 is 0 Å². The Morgan fingerprint density at radius 3 is 1.71 bits per heavy atom. The van der Waals surface area contributed by atoms with Crippen molar-refractivity contribution in [1.29, 1.82) is 0 Å². The zero-order chi connectivity index (χ0) is 10.6. The number of hydrogen-bond acceptors (Lipinski definition) is 0. The van der Waals surface area contributed by atoms with Gasteiger partial charge in [0.15, 0.2) is 0 Å². The molecule has 0 saturated heterocycles. The fourth-order valence-corrected chi connectivity index (χ4v) is 5.12. The van der Waals surface area contributed by atoms with Crippen molar-refractivity contribution in [2.75, 3.05) is 12.3 Å². The van der Waals surface area contributed by atoms with Gasteiger partial charge in [0.25, 0.3) is 0 Å². The number of hydrogen-bond donors (Lipinski definition) is 0. The lowest BCUT2D eigenvalue weighted by Gasteiger charge is -2.25. The SMILES string of the molecule is CC(C)CP(CC(C)C)C1C=CC=C1. The average molecular weight is 210 g/mol. The van der Waals surface area contributed by atoms with Crippen LogP contribution in [0.1, 0.15) is 27.7 Å². The Kier molecular flexibility index (Phi) is 4.89. The van der Waals surface area contributed by atoms with Crippen molar-refractivity contribution in [2.45, 2.75) is 33.4 Å². The van der Waals surface area contributed by atoms with E-state index in [1.165, 1.54) is 12.3 Å². The summed E-state index contributed by atoms with van der Waals surface area (Å²) in [7, 11) is 0.186. The van der Waals surface area contributed by atoms with Crippen LogP contribution < -0.4 is 0 Å². The van der Waals surface area contributed by atoms with Gasteiger partial charge < -0.3 is 0 Å². The molecule has 0 aliphatic heterocycles. The Labute approximate surface area is 90.2 Å². The van der Waals surface area contributed by atoms with Crippen LogP contribution in [-0.4, -0.2) is 18.0 Å². The van der Waals surface area contributed by atoms with Crippen molar-refractivity contribution in [3.05, 3.63) is 24.3 Å². The molecule has 0 atom stereocenters. The van der Waals surface area contributed by atoms with Crippen LogP contribution in [0.3, 0.4) is 0 Å². The molecule has 1 rings (SSSR count). The fraction of sp³-hybridized carbons (Fsp3) is 0.692. The summed E-state index contributed by atoms with van der Waals surface area (Å²) >= 11 is 0. The molecule has 0 nitrogen and oxygen atoms in total. The Bertz CT molecular complexity index is 191. The highest BCUT2D eigenvalue weighted by molar-refractivity contribution is 7.58. The van der Waals surface area contributed by atoms with Crippen LogP contribution in [-0.2, 0) is 0 Å². The largest absolute Gasteiger partial charge is 0.0952 e. The second-order valence-corrected chi connectivity index (χ2v) is 7.51. The summed E-state index contributed by atoms with van der Waals surface area (Å²) < 4.78 is 0. The highest BCUT2D eigenvalue weighted by Gasteiger charge is 2.19. The van der Waals surface area contributed by atoms with Gasteiger partial charge in [0.05, 0.1) is 0 Å². The maximum absolute atomic E-state index is 2.39. The molecule has 0 amide bonds. The first-order valence-electron chi connectivity index (χ1n) is 5.68. The summed E-state index contributed by atoms with van der Waals surface area (Å²) in [5, 5.41) is 0.